The van der Waals surface area contributed by atoms with Gasteiger partial charge in [0.2, 0.25) is 0 Å². The standard InChI is InChI=1S/C17H22N2/c1-2-19-11-9-16(10-12-19)18-17-8-7-14-5-3-4-6-15(14)13-17/h3-8,13,16,18H,2,9-12H2,1H3. The van der Waals surface area contributed by atoms with Crippen LogP contribution in [0.1, 0.15) is 19.8 Å². The second kappa shape index (κ2) is 5.62. The quantitative estimate of drug-likeness (QED) is 0.897. The van der Waals surface area contributed by atoms with Gasteiger partial charge in [0.25, 0.3) is 0 Å². The predicted octanol–water partition coefficient (Wildman–Crippen LogP) is 3.74. The molecule has 0 radical (unpaired) electrons. The fourth-order valence-electron chi connectivity index (χ4n) is 2.91. The van der Waals surface area contributed by atoms with Crippen molar-refractivity contribution in [3.63, 3.8) is 0 Å². The molecule has 1 saturated heterocycles. The van der Waals surface area contributed by atoms with Gasteiger partial charge in [-0.2, -0.15) is 0 Å². The van der Waals surface area contributed by atoms with Crippen molar-refractivity contribution in [1.29, 1.82) is 0 Å². The molecular weight excluding hydrogens is 232 g/mol. The zero-order valence-electron chi connectivity index (χ0n) is 11.6. The third kappa shape index (κ3) is 2.90. The highest BCUT2D eigenvalue weighted by molar-refractivity contribution is 5.85. The van der Waals surface area contributed by atoms with Crippen LogP contribution < -0.4 is 5.32 Å². The Labute approximate surface area is 115 Å². The number of likely N-dealkylation sites (tertiary alicyclic amines) is 1. The monoisotopic (exact) mass is 254 g/mol. The average Bonchev–Trinajstić information content (AvgIpc) is 2.48. The van der Waals surface area contributed by atoms with Crippen LogP contribution in [0.3, 0.4) is 0 Å². The summed E-state index contributed by atoms with van der Waals surface area (Å²) in [7, 11) is 0. The number of nitrogens with one attached hydrogen (secondary N) is 1. The number of benzene rings is 2. The molecule has 0 amide bonds. The molecule has 2 nitrogen and oxygen atoms in total. The summed E-state index contributed by atoms with van der Waals surface area (Å²) in [4.78, 5) is 2.53. The summed E-state index contributed by atoms with van der Waals surface area (Å²) in [5.74, 6) is 0. The van der Waals surface area contributed by atoms with Crippen LogP contribution in [0.25, 0.3) is 10.8 Å². The highest BCUT2D eigenvalue weighted by Crippen LogP contribution is 2.21. The second-order valence-corrected chi connectivity index (χ2v) is 5.41. The summed E-state index contributed by atoms with van der Waals surface area (Å²) >= 11 is 0. The Bertz CT molecular complexity index is 542. The Hall–Kier alpha value is -1.54. The number of nitrogens with zero attached hydrogens (tertiary/aromatic N) is 1. The molecule has 1 N–H and O–H groups in total. The zero-order chi connectivity index (χ0) is 13.1. The minimum Gasteiger partial charge on any atom is -0.382 e. The zero-order valence-corrected chi connectivity index (χ0v) is 11.6. The smallest absolute Gasteiger partial charge is 0.0348 e. The highest BCUT2D eigenvalue weighted by atomic mass is 15.1. The lowest BCUT2D eigenvalue weighted by atomic mass is 10.0. The van der Waals surface area contributed by atoms with Gasteiger partial charge < -0.3 is 10.2 Å². The molecule has 1 aliphatic heterocycles. The van der Waals surface area contributed by atoms with Crippen LogP contribution in [0, 0.1) is 0 Å². The fourth-order valence-corrected chi connectivity index (χ4v) is 2.91. The van der Waals surface area contributed by atoms with Crippen molar-refractivity contribution in [3.8, 4) is 0 Å². The SMILES string of the molecule is CCN1CCC(Nc2ccc3ccccc3c2)CC1. The molecule has 0 spiro atoms. The van der Waals surface area contributed by atoms with Crippen molar-refractivity contribution in [2.24, 2.45) is 0 Å². The minimum atomic E-state index is 0.629. The van der Waals surface area contributed by atoms with Gasteiger partial charge in [0.05, 0.1) is 0 Å². The van der Waals surface area contributed by atoms with Crippen molar-refractivity contribution in [1.82, 2.24) is 4.90 Å². The van der Waals surface area contributed by atoms with Crippen molar-refractivity contribution < 1.29 is 0 Å². The molecule has 0 aromatic heterocycles. The van der Waals surface area contributed by atoms with E-state index < -0.39 is 0 Å². The summed E-state index contributed by atoms with van der Waals surface area (Å²) in [6.07, 6.45) is 2.50. The number of anilines is 1. The fraction of sp³-hybridized carbons (Fsp3) is 0.412. The summed E-state index contributed by atoms with van der Waals surface area (Å²) in [6.45, 7) is 5.88. The highest BCUT2D eigenvalue weighted by Gasteiger charge is 2.17. The molecule has 1 heterocycles. The summed E-state index contributed by atoms with van der Waals surface area (Å²) in [5, 5.41) is 6.32. The van der Waals surface area contributed by atoms with Gasteiger partial charge in [0.1, 0.15) is 0 Å². The first-order valence-corrected chi connectivity index (χ1v) is 7.33. The lowest BCUT2D eigenvalue weighted by molar-refractivity contribution is 0.229. The number of hydrogen-bond acceptors (Lipinski definition) is 2. The predicted molar refractivity (Wildman–Crippen MR) is 82.7 cm³/mol. The number of rotatable bonds is 3. The summed E-state index contributed by atoms with van der Waals surface area (Å²) in [6, 6.07) is 15.8. The molecule has 3 rings (SSSR count). The van der Waals surface area contributed by atoms with Crippen LogP contribution in [-0.4, -0.2) is 30.6 Å². The van der Waals surface area contributed by atoms with Crippen molar-refractivity contribution in [3.05, 3.63) is 42.5 Å². The third-order valence-electron chi connectivity index (χ3n) is 4.16. The van der Waals surface area contributed by atoms with Gasteiger partial charge in [-0.05, 0) is 42.3 Å². The Kier molecular flexibility index (Phi) is 3.69. The summed E-state index contributed by atoms with van der Waals surface area (Å²) in [5.41, 5.74) is 1.26. The maximum Gasteiger partial charge on any atom is 0.0348 e. The van der Waals surface area contributed by atoms with Crippen molar-refractivity contribution in [2.75, 3.05) is 25.0 Å². The molecule has 1 aliphatic rings. The van der Waals surface area contributed by atoms with Gasteiger partial charge in [0, 0.05) is 24.8 Å². The van der Waals surface area contributed by atoms with Gasteiger partial charge in [-0.15, -0.1) is 0 Å². The van der Waals surface area contributed by atoms with E-state index in [1.807, 2.05) is 0 Å². The molecule has 2 aromatic rings. The van der Waals surface area contributed by atoms with E-state index in [2.05, 4.69) is 59.6 Å². The molecule has 100 valence electrons. The van der Waals surface area contributed by atoms with Crippen LogP contribution in [0.15, 0.2) is 42.5 Å². The van der Waals surface area contributed by atoms with Crippen LogP contribution in [-0.2, 0) is 0 Å². The van der Waals surface area contributed by atoms with Gasteiger partial charge in [-0.25, -0.2) is 0 Å². The van der Waals surface area contributed by atoms with E-state index in [9.17, 15) is 0 Å². The topological polar surface area (TPSA) is 15.3 Å². The number of fused-ring (bicyclic) bond motifs is 1. The second-order valence-electron chi connectivity index (χ2n) is 5.41. The Balaban J connectivity index is 1.68. The Morgan fingerprint density at radius 3 is 2.53 bits per heavy atom. The van der Waals surface area contributed by atoms with Gasteiger partial charge in [-0.3, -0.25) is 0 Å². The molecule has 0 bridgehead atoms. The van der Waals surface area contributed by atoms with Crippen LogP contribution in [0.2, 0.25) is 0 Å². The molecule has 0 saturated carbocycles. The van der Waals surface area contributed by atoms with E-state index >= 15 is 0 Å². The van der Waals surface area contributed by atoms with Crippen LogP contribution in [0.4, 0.5) is 5.69 Å². The first-order valence-electron chi connectivity index (χ1n) is 7.33. The molecule has 1 fully saturated rings. The van der Waals surface area contributed by atoms with Gasteiger partial charge >= 0.3 is 0 Å². The van der Waals surface area contributed by atoms with E-state index in [-0.39, 0.29) is 0 Å². The first kappa shape index (κ1) is 12.5. The lowest BCUT2D eigenvalue weighted by Crippen LogP contribution is -2.38. The maximum absolute atomic E-state index is 3.69. The van der Waals surface area contributed by atoms with Crippen LogP contribution in [0.5, 0.6) is 0 Å². The molecule has 2 heteroatoms. The lowest BCUT2D eigenvalue weighted by Gasteiger charge is -2.32. The summed E-state index contributed by atoms with van der Waals surface area (Å²) < 4.78 is 0. The Morgan fingerprint density at radius 2 is 1.79 bits per heavy atom. The minimum absolute atomic E-state index is 0.629. The molecule has 2 aromatic carbocycles. The van der Waals surface area contributed by atoms with Crippen molar-refractivity contribution in [2.45, 2.75) is 25.8 Å². The third-order valence-corrected chi connectivity index (χ3v) is 4.16. The molecule has 0 unspecified atom stereocenters. The molecular formula is C17H22N2. The Morgan fingerprint density at radius 1 is 1.05 bits per heavy atom. The average molecular weight is 254 g/mol. The van der Waals surface area contributed by atoms with Crippen LogP contribution >= 0.6 is 0 Å². The maximum atomic E-state index is 3.69. The van der Waals surface area contributed by atoms with E-state index in [4.69, 9.17) is 0 Å². The van der Waals surface area contributed by atoms with Gasteiger partial charge in [0.15, 0.2) is 0 Å². The first-order chi connectivity index (χ1) is 9.35. The molecule has 19 heavy (non-hydrogen) atoms. The van der Waals surface area contributed by atoms with E-state index in [1.165, 1.54) is 48.9 Å². The van der Waals surface area contributed by atoms with E-state index in [0.29, 0.717) is 6.04 Å². The largest absolute Gasteiger partial charge is 0.382 e. The molecule has 0 aliphatic carbocycles. The number of piperidine rings is 1. The van der Waals surface area contributed by atoms with Gasteiger partial charge in [-0.1, -0.05) is 37.3 Å². The normalized spacial score (nSPS) is 17.7. The van der Waals surface area contributed by atoms with Crippen molar-refractivity contribution >= 4 is 16.5 Å². The molecule has 0 atom stereocenters. The number of hydrogen-bond donors (Lipinski definition) is 1. The van der Waals surface area contributed by atoms with E-state index in [0.717, 1.165) is 0 Å². The van der Waals surface area contributed by atoms with E-state index in [1.54, 1.807) is 0 Å².